The Morgan fingerprint density at radius 3 is 2.67 bits per heavy atom. The highest BCUT2D eigenvalue weighted by Crippen LogP contribution is 1.40. The number of hydrogen-bond donors (Lipinski definition) is 1. The van der Waals surface area contributed by atoms with E-state index >= 15 is 0 Å². The summed E-state index contributed by atoms with van der Waals surface area (Å²) in [5.74, 6) is 0. The molecule has 0 aliphatic heterocycles. The Morgan fingerprint density at radius 1 is 1.83 bits per heavy atom. The Hall–Kier alpha value is -1.06. The first-order valence-electron chi connectivity index (χ1n) is 1.13. The van der Waals surface area contributed by atoms with E-state index in [1.165, 1.54) is 5.48 Å². The molecular formula is C2H2NO3. The van der Waals surface area contributed by atoms with E-state index in [0.29, 0.717) is 0 Å². The van der Waals surface area contributed by atoms with Crippen molar-refractivity contribution in [3.63, 3.8) is 0 Å². The lowest BCUT2D eigenvalue weighted by atomic mass is 11.4. The van der Waals surface area contributed by atoms with Crippen molar-refractivity contribution in [1.82, 2.24) is 5.48 Å². The quantitative estimate of drug-likeness (QED) is 0.202. The highest BCUT2D eigenvalue weighted by Gasteiger charge is 1.67. The lowest BCUT2D eigenvalue weighted by Crippen LogP contribution is -2.08. The van der Waals surface area contributed by atoms with Crippen LogP contribution in [0.15, 0.2) is 0 Å². The zero-order valence-electron chi connectivity index (χ0n) is 2.80. The van der Waals surface area contributed by atoms with Crippen LogP contribution in [-0.4, -0.2) is 12.9 Å². The summed E-state index contributed by atoms with van der Waals surface area (Å²) in [6.07, 6.45) is 1.12. The molecule has 0 aromatic rings. The standard InChI is InChI=1S/C2H2NO3/c4-1-3-6-2-5/h2H,(H,3,4). The highest BCUT2D eigenvalue weighted by molar-refractivity contribution is 5.48. The van der Waals surface area contributed by atoms with Crippen molar-refractivity contribution in [2.24, 2.45) is 0 Å². The third-order valence-electron chi connectivity index (χ3n) is 0.149. The lowest BCUT2D eigenvalue weighted by Gasteiger charge is -1.81. The van der Waals surface area contributed by atoms with E-state index in [1.54, 1.807) is 0 Å². The van der Waals surface area contributed by atoms with Crippen LogP contribution in [0.1, 0.15) is 0 Å². The number of carbonyl (C=O) groups excluding carboxylic acids is 2. The van der Waals surface area contributed by atoms with E-state index in [2.05, 4.69) is 4.84 Å². The molecule has 1 amide bonds. The van der Waals surface area contributed by atoms with Crippen molar-refractivity contribution in [3.05, 3.63) is 0 Å². The Bertz CT molecular complexity index is 44.8. The van der Waals surface area contributed by atoms with Crippen molar-refractivity contribution in [2.75, 3.05) is 0 Å². The van der Waals surface area contributed by atoms with E-state index in [0.717, 1.165) is 6.41 Å². The fraction of sp³-hybridized carbons (Fsp3) is 0. The first-order chi connectivity index (χ1) is 2.91. The predicted molar refractivity (Wildman–Crippen MR) is 16.0 cm³/mol. The first kappa shape index (κ1) is 4.94. The number of nitrogens with one attached hydrogen (secondary N) is 1. The average Bonchev–Trinajstić information content (AvgIpc) is 1.61. The van der Waals surface area contributed by atoms with Gasteiger partial charge in [0.2, 0.25) is 0 Å². The van der Waals surface area contributed by atoms with Gasteiger partial charge in [0.05, 0.1) is 0 Å². The predicted octanol–water partition coefficient (Wildman–Crippen LogP) is -1.27. The molecule has 1 N–H and O–H groups in total. The minimum Gasteiger partial charge on any atom is -0.344 e. The molecule has 0 rings (SSSR count). The summed E-state index contributed by atoms with van der Waals surface area (Å²) < 4.78 is 0. The molecule has 4 nitrogen and oxygen atoms in total. The minimum absolute atomic E-state index is 0.0882. The summed E-state index contributed by atoms with van der Waals surface area (Å²) in [5.41, 5.74) is 1.52. The summed E-state index contributed by atoms with van der Waals surface area (Å²) >= 11 is 0. The molecular weight excluding hydrogens is 86.0 g/mol. The smallest absolute Gasteiger partial charge is 0.344 e. The molecule has 0 aromatic heterocycles. The summed E-state index contributed by atoms with van der Waals surface area (Å²) in [7, 11) is 0. The maximum Gasteiger partial charge on any atom is 0.345 e. The second-order valence-electron chi connectivity index (χ2n) is 0.418. The molecule has 0 saturated heterocycles. The van der Waals surface area contributed by atoms with Gasteiger partial charge in [0, 0.05) is 0 Å². The third-order valence-corrected chi connectivity index (χ3v) is 0.149. The highest BCUT2D eigenvalue weighted by atomic mass is 16.7. The molecule has 0 fully saturated rings. The van der Waals surface area contributed by atoms with Gasteiger partial charge in [0.25, 0.3) is 0 Å². The first-order valence-corrected chi connectivity index (χ1v) is 1.13. The van der Waals surface area contributed by atoms with Gasteiger partial charge < -0.3 is 4.84 Å². The Morgan fingerprint density at radius 2 is 2.50 bits per heavy atom. The third kappa shape index (κ3) is 2.94. The number of rotatable bonds is 3. The molecule has 6 heavy (non-hydrogen) atoms. The van der Waals surface area contributed by atoms with Gasteiger partial charge in [-0.15, -0.1) is 0 Å². The van der Waals surface area contributed by atoms with Crippen molar-refractivity contribution >= 4 is 12.9 Å². The van der Waals surface area contributed by atoms with Crippen LogP contribution >= 0.6 is 0 Å². The topological polar surface area (TPSA) is 55.4 Å². The number of hydrogen-bond acceptors (Lipinski definition) is 3. The molecule has 0 aromatic carbocycles. The molecule has 0 heterocycles. The zero-order chi connectivity index (χ0) is 4.83. The van der Waals surface area contributed by atoms with Gasteiger partial charge in [-0.2, -0.15) is 5.48 Å². The van der Waals surface area contributed by atoms with E-state index in [1.807, 2.05) is 0 Å². The Balaban J connectivity index is 2.66. The second kappa shape index (κ2) is 3.94. The molecule has 0 bridgehead atoms. The van der Waals surface area contributed by atoms with Crippen LogP contribution in [0, 0.1) is 0 Å². The van der Waals surface area contributed by atoms with Gasteiger partial charge in [-0.05, 0) is 0 Å². The van der Waals surface area contributed by atoms with Crippen LogP contribution in [0.5, 0.6) is 0 Å². The summed E-state index contributed by atoms with van der Waals surface area (Å²) in [4.78, 5) is 21.8. The monoisotopic (exact) mass is 88.0 g/mol. The van der Waals surface area contributed by atoms with Crippen LogP contribution in [-0.2, 0) is 14.4 Å². The van der Waals surface area contributed by atoms with E-state index < -0.39 is 0 Å². The lowest BCUT2D eigenvalue weighted by molar-refractivity contribution is -0.132. The van der Waals surface area contributed by atoms with Gasteiger partial charge in [-0.25, -0.2) is 0 Å². The van der Waals surface area contributed by atoms with Crippen LogP contribution in [0.4, 0.5) is 0 Å². The van der Waals surface area contributed by atoms with Gasteiger partial charge >= 0.3 is 12.9 Å². The molecule has 0 aliphatic rings. The summed E-state index contributed by atoms with van der Waals surface area (Å²) in [5, 5.41) is 0. The fourth-order valence-corrected chi connectivity index (χ4v) is 0.0481. The largest absolute Gasteiger partial charge is 0.345 e. The van der Waals surface area contributed by atoms with Crippen molar-refractivity contribution in [1.29, 1.82) is 0 Å². The molecule has 4 heteroatoms. The van der Waals surface area contributed by atoms with Crippen molar-refractivity contribution in [3.8, 4) is 0 Å². The van der Waals surface area contributed by atoms with Gasteiger partial charge in [0.1, 0.15) is 0 Å². The van der Waals surface area contributed by atoms with Gasteiger partial charge in [-0.1, -0.05) is 0 Å². The molecule has 0 atom stereocenters. The second-order valence-corrected chi connectivity index (χ2v) is 0.418. The van der Waals surface area contributed by atoms with Crippen molar-refractivity contribution < 1.29 is 14.4 Å². The summed E-state index contributed by atoms with van der Waals surface area (Å²) in [6, 6.07) is 0. The average molecular weight is 88.0 g/mol. The molecule has 1 radical (unpaired) electrons. The van der Waals surface area contributed by atoms with E-state index in [4.69, 9.17) is 9.59 Å². The normalized spacial score (nSPS) is 6.00. The van der Waals surface area contributed by atoms with Gasteiger partial charge in [0.15, 0.2) is 0 Å². The van der Waals surface area contributed by atoms with Gasteiger partial charge in [-0.3, -0.25) is 9.59 Å². The molecule has 0 aliphatic carbocycles. The molecule has 0 spiro atoms. The molecule has 0 unspecified atom stereocenters. The van der Waals surface area contributed by atoms with Crippen LogP contribution in [0.2, 0.25) is 0 Å². The minimum atomic E-state index is 0.0882. The summed E-state index contributed by atoms with van der Waals surface area (Å²) in [6.45, 7) is 0.0882. The van der Waals surface area contributed by atoms with E-state index in [9.17, 15) is 0 Å². The fourth-order valence-electron chi connectivity index (χ4n) is 0.0481. The van der Waals surface area contributed by atoms with Crippen LogP contribution < -0.4 is 5.48 Å². The van der Waals surface area contributed by atoms with Crippen LogP contribution in [0.3, 0.4) is 0 Å². The van der Waals surface area contributed by atoms with E-state index in [-0.39, 0.29) is 6.47 Å². The maximum atomic E-state index is 9.10. The Kier molecular flexibility index (Phi) is 3.24. The Labute approximate surface area is 34.0 Å². The molecule has 33 valence electrons. The number of hydroxylamine groups is 1. The zero-order valence-corrected chi connectivity index (χ0v) is 2.80. The number of carbonyl (C=O) groups is 1. The van der Waals surface area contributed by atoms with Crippen molar-refractivity contribution in [2.45, 2.75) is 0 Å². The number of amides is 1. The maximum absolute atomic E-state index is 9.10. The van der Waals surface area contributed by atoms with Crippen LogP contribution in [0.25, 0.3) is 0 Å². The SMILES string of the molecule is O=[C]NOC=O. The molecule has 0 saturated carbocycles.